The third kappa shape index (κ3) is 4.37. The van der Waals surface area contributed by atoms with Crippen LogP contribution in [0.1, 0.15) is 28.5 Å². The molecule has 3 aromatic rings. The van der Waals surface area contributed by atoms with Gasteiger partial charge >= 0.3 is 5.97 Å². The van der Waals surface area contributed by atoms with E-state index in [0.29, 0.717) is 11.3 Å². The molecule has 1 N–H and O–H groups in total. The lowest BCUT2D eigenvalue weighted by atomic mass is 10.2. The number of hydrogen-bond donors (Lipinski definition) is 1. The maximum atomic E-state index is 12.2. The summed E-state index contributed by atoms with van der Waals surface area (Å²) in [5.41, 5.74) is 1.72. The minimum absolute atomic E-state index is 0.176. The van der Waals surface area contributed by atoms with Crippen molar-refractivity contribution in [1.82, 2.24) is 14.7 Å². The van der Waals surface area contributed by atoms with E-state index in [-0.39, 0.29) is 22.8 Å². The molecule has 0 bridgehead atoms. The zero-order valence-electron chi connectivity index (χ0n) is 15.3. The Balaban J connectivity index is 1.64. The maximum Gasteiger partial charge on any atom is 0.328 e. The van der Waals surface area contributed by atoms with Crippen LogP contribution in [0, 0.1) is 6.92 Å². The Hall–Kier alpha value is -3.19. The summed E-state index contributed by atoms with van der Waals surface area (Å²) < 4.78 is 6.61. The van der Waals surface area contributed by atoms with Crippen LogP contribution in [0.3, 0.4) is 0 Å². The number of halogens is 1. The standard InChI is InChI=1S/C20H18ClN3O4/c1-12-7-8-17-23-14(9-18(25)24(17)10-12)11-28-20(27)13(2)22-19(26)15-5-3-4-6-16(15)21/h3-10,13H,11H2,1-2H3,(H,22,26)/t13-/m0/s1. The molecule has 2 aromatic heterocycles. The molecule has 0 aliphatic carbocycles. The Kier molecular flexibility index (Phi) is 5.75. The minimum atomic E-state index is -0.895. The highest BCUT2D eigenvalue weighted by Gasteiger charge is 2.19. The summed E-state index contributed by atoms with van der Waals surface area (Å²) in [6.45, 7) is 3.20. The molecule has 0 aliphatic rings. The first-order valence-corrected chi connectivity index (χ1v) is 8.94. The SMILES string of the molecule is Cc1ccc2nc(COC(=O)[C@H](C)NC(=O)c3ccccc3Cl)cc(=O)n2c1. The van der Waals surface area contributed by atoms with E-state index in [2.05, 4.69) is 10.3 Å². The molecule has 0 aliphatic heterocycles. The van der Waals surface area contributed by atoms with Gasteiger partial charge in [0.25, 0.3) is 11.5 Å². The zero-order valence-corrected chi connectivity index (χ0v) is 16.1. The number of aromatic nitrogens is 2. The first kappa shape index (κ1) is 19.6. The van der Waals surface area contributed by atoms with E-state index in [1.165, 1.54) is 17.4 Å². The van der Waals surface area contributed by atoms with Gasteiger partial charge in [-0.3, -0.25) is 14.0 Å². The van der Waals surface area contributed by atoms with Crippen LogP contribution < -0.4 is 10.9 Å². The van der Waals surface area contributed by atoms with E-state index in [1.807, 2.05) is 13.0 Å². The molecule has 3 rings (SSSR count). The van der Waals surface area contributed by atoms with Gasteiger partial charge in [0.1, 0.15) is 18.3 Å². The van der Waals surface area contributed by atoms with Gasteiger partial charge in [0, 0.05) is 12.3 Å². The number of carbonyl (C=O) groups excluding carboxylic acids is 2. The van der Waals surface area contributed by atoms with Crippen molar-refractivity contribution in [3.63, 3.8) is 0 Å². The largest absolute Gasteiger partial charge is 0.458 e. The molecule has 1 aromatic carbocycles. The van der Waals surface area contributed by atoms with Crippen molar-refractivity contribution >= 4 is 29.1 Å². The molecule has 144 valence electrons. The summed E-state index contributed by atoms with van der Waals surface area (Å²) in [5, 5.41) is 2.82. The summed E-state index contributed by atoms with van der Waals surface area (Å²) in [4.78, 5) is 40.9. The number of carbonyl (C=O) groups is 2. The van der Waals surface area contributed by atoms with Gasteiger partial charge in [-0.2, -0.15) is 0 Å². The third-order valence-corrected chi connectivity index (χ3v) is 4.37. The van der Waals surface area contributed by atoms with Gasteiger partial charge in [0.05, 0.1) is 16.3 Å². The highest BCUT2D eigenvalue weighted by molar-refractivity contribution is 6.33. The zero-order chi connectivity index (χ0) is 20.3. The normalized spacial score (nSPS) is 11.8. The average molecular weight is 400 g/mol. The number of hydrogen-bond acceptors (Lipinski definition) is 5. The van der Waals surface area contributed by atoms with Crippen molar-refractivity contribution < 1.29 is 14.3 Å². The first-order valence-electron chi connectivity index (χ1n) is 8.56. The second-order valence-electron chi connectivity index (χ2n) is 6.30. The average Bonchev–Trinajstić information content (AvgIpc) is 2.66. The Morgan fingerprint density at radius 3 is 2.75 bits per heavy atom. The van der Waals surface area contributed by atoms with Gasteiger partial charge in [-0.25, -0.2) is 9.78 Å². The smallest absolute Gasteiger partial charge is 0.328 e. The maximum absolute atomic E-state index is 12.2. The topological polar surface area (TPSA) is 89.8 Å². The number of nitrogens with one attached hydrogen (secondary N) is 1. The second kappa shape index (κ2) is 8.22. The lowest BCUT2D eigenvalue weighted by Gasteiger charge is -2.14. The van der Waals surface area contributed by atoms with E-state index in [0.717, 1.165) is 5.56 Å². The van der Waals surface area contributed by atoms with Gasteiger partial charge in [0.15, 0.2) is 0 Å². The van der Waals surface area contributed by atoms with Crippen LogP contribution in [0.15, 0.2) is 53.5 Å². The van der Waals surface area contributed by atoms with Crippen molar-refractivity contribution in [3.8, 4) is 0 Å². The molecule has 0 saturated heterocycles. The van der Waals surface area contributed by atoms with Crippen LogP contribution in [0.2, 0.25) is 5.02 Å². The number of esters is 1. The molecule has 0 fully saturated rings. The summed E-state index contributed by atoms with van der Waals surface area (Å²) in [6, 6.07) is 10.5. The molecular weight excluding hydrogens is 382 g/mol. The van der Waals surface area contributed by atoms with E-state index in [4.69, 9.17) is 16.3 Å². The van der Waals surface area contributed by atoms with Crippen molar-refractivity contribution in [3.05, 3.63) is 80.9 Å². The molecule has 1 atom stereocenters. The first-order chi connectivity index (χ1) is 13.3. The molecule has 28 heavy (non-hydrogen) atoms. The van der Waals surface area contributed by atoms with Gasteiger partial charge in [-0.05, 0) is 37.6 Å². The second-order valence-corrected chi connectivity index (χ2v) is 6.71. The van der Waals surface area contributed by atoms with Gasteiger partial charge < -0.3 is 10.1 Å². The Bertz CT molecular complexity index is 1110. The summed E-state index contributed by atoms with van der Waals surface area (Å²) in [6.07, 6.45) is 1.69. The summed E-state index contributed by atoms with van der Waals surface area (Å²) in [7, 11) is 0. The van der Waals surface area contributed by atoms with Crippen LogP contribution in [-0.2, 0) is 16.1 Å². The molecule has 1 amide bonds. The minimum Gasteiger partial charge on any atom is -0.458 e. The molecule has 0 saturated carbocycles. The van der Waals surface area contributed by atoms with Crippen molar-refractivity contribution in [2.24, 2.45) is 0 Å². The van der Waals surface area contributed by atoms with E-state index in [1.54, 1.807) is 36.5 Å². The number of ether oxygens (including phenoxy) is 1. The Labute approximate surface area is 165 Å². The number of nitrogens with zero attached hydrogens (tertiary/aromatic N) is 2. The van der Waals surface area contributed by atoms with E-state index >= 15 is 0 Å². The highest BCUT2D eigenvalue weighted by Crippen LogP contribution is 2.14. The van der Waals surface area contributed by atoms with Gasteiger partial charge in [-0.1, -0.05) is 29.8 Å². The van der Waals surface area contributed by atoms with E-state index < -0.39 is 17.9 Å². The van der Waals surface area contributed by atoms with Gasteiger partial charge in [-0.15, -0.1) is 0 Å². The molecule has 8 heteroatoms. The fourth-order valence-electron chi connectivity index (χ4n) is 2.58. The summed E-state index contributed by atoms with van der Waals surface area (Å²) >= 11 is 5.98. The molecule has 0 spiro atoms. The predicted octanol–water partition coefficient (Wildman–Crippen LogP) is 2.52. The van der Waals surface area contributed by atoms with E-state index in [9.17, 15) is 14.4 Å². The summed E-state index contributed by atoms with van der Waals surface area (Å²) in [5.74, 6) is -1.13. The van der Waals surface area contributed by atoms with Crippen molar-refractivity contribution in [2.45, 2.75) is 26.5 Å². The molecule has 2 heterocycles. The molecule has 0 unspecified atom stereocenters. The fraction of sp³-hybridized carbons (Fsp3) is 0.200. The molecule has 0 radical (unpaired) electrons. The monoisotopic (exact) mass is 399 g/mol. The number of benzene rings is 1. The third-order valence-electron chi connectivity index (χ3n) is 4.04. The van der Waals surface area contributed by atoms with Crippen molar-refractivity contribution in [2.75, 3.05) is 0 Å². The molecule has 7 nitrogen and oxygen atoms in total. The van der Waals surface area contributed by atoms with Crippen LogP contribution in [0.5, 0.6) is 0 Å². The number of rotatable bonds is 5. The Morgan fingerprint density at radius 1 is 1.25 bits per heavy atom. The predicted molar refractivity (Wildman–Crippen MR) is 104 cm³/mol. The highest BCUT2D eigenvalue weighted by atomic mass is 35.5. The number of amides is 1. The number of aryl methyl sites for hydroxylation is 1. The Morgan fingerprint density at radius 2 is 2.00 bits per heavy atom. The lowest BCUT2D eigenvalue weighted by molar-refractivity contribution is -0.146. The van der Waals surface area contributed by atoms with Crippen LogP contribution in [0.4, 0.5) is 0 Å². The number of pyridine rings is 1. The van der Waals surface area contributed by atoms with Crippen LogP contribution in [-0.4, -0.2) is 27.3 Å². The lowest BCUT2D eigenvalue weighted by Crippen LogP contribution is -2.39. The van der Waals surface area contributed by atoms with Crippen molar-refractivity contribution in [1.29, 1.82) is 0 Å². The van der Waals surface area contributed by atoms with Crippen LogP contribution in [0.25, 0.3) is 5.65 Å². The molecular formula is C20H18ClN3O4. The quantitative estimate of drug-likeness (QED) is 0.666. The fourth-order valence-corrected chi connectivity index (χ4v) is 2.80. The van der Waals surface area contributed by atoms with Crippen LogP contribution >= 0.6 is 11.6 Å². The number of fused-ring (bicyclic) bond motifs is 1. The van der Waals surface area contributed by atoms with Gasteiger partial charge in [0.2, 0.25) is 0 Å².